The minimum Gasteiger partial charge on any atom is -0.329 e. The molecule has 1 aromatic heterocycles. The third-order valence-corrected chi connectivity index (χ3v) is 6.01. The van der Waals surface area contributed by atoms with Gasteiger partial charge in [0.05, 0.1) is 18.0 Å². The van der Waals surface area contributed by atoms with E-state index in [2.05, 4.69) is 37.6 Å². The highest BCUT2D eigenvalue weighted by atomic mass is 15.3. The number of hydrogen-bond donors (Lipinski definition) is 0. The van der Waals surface area contributed by atoms with E-state index in [-0.39, 0.29) is 6.04 Å². The van der Waals surface area contributed by atoms with Crippen LogP contribution in [0.4, 0.5) is 0 Å². The van der Waals surface area contributed by atoms with Crippen LogP contribution in [0.1, 0.15) is 37.4 Å². The van der Waals surface area contributed by atoms with E-state index in [1.54, 1.807) is 0 Å². The molecule has 2 aromatic rings. The Bertz CT molecular complexity index is 761. The fourth-order valence-electron chi connectivity index (χ4n) is 4.50. The predicted octanol–water partition coefficient (Wildman–Crippen LogP) is 3.21. The van der Waals surface area contributed by atoms with Gasteiger partial charge in [0, 0.05) is 44.8 Å². The van der Waals surface area contributed by atoms with Crippen LogP contribution < -0.4 is 0 Å². The van der Waals surface area contributed by atoms with E-state index in [4.69, 9.17) is 0 Å². The van der Waals surface area contributed by atoms with E-state index < -0.39 is 0 Å². The zero-order valence-electron chi connectivity index (χ0n) is 15.5. The second kappa shape index (κ2) is 7.61. The van der Waals surface area contributed by atoms with E-state index in [1.807, 2.05) is 31.4 Å². The molecule has 4 rings (SSSR count). The van der Waals surface area contributed by atoms with Gasteiger partial charge in [-0.3, -0.25) is 9.80 Å². The Hall–Kier alpha value is -2.16. The summed E-state index contributed by atoms with van der Waals surface area (Å²) < 4.78 is 2.08. The SMILES string of the molecule is Cn1c(C(C#N)N2CCN(C3CCCC3)CC2)cnc1-c1ccccc1. The van der Waals surface area contributed by atoms with Crippen molar-refractivity contribution in [2.45, 2.75) is 37.8 Å². The van der Waals surface area contributed by atoms with E-state index in [0.29, 0.717) is 0 Å². The standard InChI is InChI=1S/C21H27N5/c1-24-20(16-23-21(24)17-7-3-2-4-8-17)19(15-22)26-13-11-25(12-14-26)18-9-5-6-10-18/h2-4,7-8,16,18-19H,5-6,9-14H2,1H3. The van der Waals surface area contributed by atoms with E-state index in [0.717, 1.165) is 49.3 Å². The molecular formula is C21H27N5. The fourth-order valence-corrected chi connectivity index (χ4v) is 4.50. The van der Waals surface area contributed by atoms with Crippen LogP contribution in [0.5, 0.6) is 0 Å². The zero-order valence-corrected chi connectivity index (χ0v) is 15.5. The molecule has 0 amide bonds. The number of aromatic nitrogens is 2. The smallest absolute Gasteiger partial charge is 0.140 e. The van der Waals surface area contributed by atoms with Gasteiger partial charge >= 0.3 is 0 Å². The summed E-state index contributed by atoms with van der Waals surface area (Å²) >= 11 is 0. The maximum atomic E-state index is 9.87. The minimum atomic E-state index is -0.226. The normalized spacial score (nSPS) is 20.9. The Morgan fingerprint density at radius 1 is 1.08 bits per heavy atom. The van der Waals surface area contributed by atoms with Gasteiger partial charge in [0.15, 0.2) is 0 Å². The Morgan fingerprint density at radius 3 is 2.42 bits per heavy atom. The number of nitrogens with zero attached hydrogens (tertiary/aromatic N) is 5. The molecule has 5 nitrogen and oxygen atoms in total. The molecule has 5 heteroatoms. The highest BCUT2D eigenvalue weighted by Crippen LogP contribution is 2.28. The first-order chi connectivity index (χ1) is 12.8. The third kappa shape index (κ3) is 3.27. The summed E-state index contributed by atoms with van der Waals surface area (Å²) in [5.74, 6) is 0.922. The molecule has 2 aliphatic rings. The molecule has 1 saturated carbocycles. The molecule has 0 N–H and O–H groups in total. The number of imidazole rings is 1. The third-order valence-electron chi connectivity index (χ3n) is 6.01. The van der Waals surface area contributed by atoms with Gasteiger partial charge in [-0.05, 0) is 12.8 Å². The van der Waals surface area contributed by atoms with Crippen molar-refractivity contribution in [1.82, 2.24) is 19.4 Å². The monoisotopic (exact) mass is 349 g/mol. The molecule has 136 valence electrons. The van der Waals surface area contributed by atoms with E-state index in [9.17, 15) is 5.26 Å². The quantitative estimate of drug-likeness (QED) is 0.850. The fraction of sp³-hybridized carbons (Fsp3) is 0.524. The van der Waals surface area contributed by atoms with Crippen LogP contribution in [0.15, 0.2) is 36.5 Å². The van der Waals surface area contributed by atoms with Crippen molar-refractivity contribution in [2.24, 2.45) is 7.05 Å². The average Bonchev–Trinajstić information content (AvgIpc) is 3.35. The molecular weight excluding hydrogens is 322 g/mol. The first kappa shape index (κ1) is 17.3. The van der Waals surface area contributed by atoms with Gasteiger partial charge in [-0.25, -0.2) is 4.98 Å². The topological polar surface area (TPSA) is 48.1 Å². The largest absolute Gasteiger partial charge is 0.329 e. The Kier molecular flexibility index (Phi) is 5.05. The van der Waals surface area contributed by atoms with Gasteiger partial charge in [-0.2, -0.15) is 5.26 Å². The van der Waals surface area contributed by atoms with Crippen LogP contribution in [0.25, 0.3) is 11.4 Å². The molecule has 1 atom stereocenters. The lowest BCUT2D eigenvalue weighted by Gasteiger charge is -2.39. The summed E-state index contributed by atoms with van der Waals surface area (Å²) in [5.41, 5.74) is 2.07. The second-order valence-corrected chi connectivity index (χ2v) is 7.47. The van der Waals surface area contributed by atoms with E-state index in [1.165, 1.54) is 25.7 Å². The molecule has 1 saturated heterocycles. The Labute approximate surface area is 155 Å². The maximum absolute atomic E-state index is 9.87. The molecule has 0 bridgehead atoms. The molecule has 1 aliphatic carbocycles. The van der Waals surface area contributed by atoms with Crippen LogP contribution >= 0.6 is 0 Å². The predicted molar refractivity (Wildman–Crippen MR) is 102 cm³/mol. The Morgan fingerprint density at radius 2 is 1.77 bits per heavy atom. The van der Waals surface area contributed by atoms with Crippen LogP contribution in [0.2, 0.25) is 0 Å². The van der Waals surface area contributed by atoms with Gasteiger partial charge in [0.1, 0.15) is 11.9 Å². The average molecular weight is 349 g/mol. The Balaban J connectivity index is 1.48. The first-order valence-electron chi connectivity index (χ1n) is 9.72. The summed E-state index contributed by atoms with van der Waals surface area (Å²) in [6, 6.07) is 13.3. The summed E-state index contributed by atoms with van der Waals surface area (Å²) in [6.45, 7) is 4.07. The van der Waals surface area contributed by atoms with Gasteiger partial charge in [-0.15, -0.1) is 0 Å². The van der Waals surface area contributed by atoms with Gasteiger partial charge in [0.25, 0.3) is 0 Å². The lowest BCUT2D eigenvalue weighted by molar-refractivity contribution is 0.0824. The molecule has 26 heavy (non-hydrogen) atoms. The molecule has 1 aliphatic heterocycles. The van der Waals surface area contributed by atoms with Crippen molar-refractivity contribution in [1.29, 1.82) is 5.26 Å². The lowest BCUT2D eigenvalue weighted by Crippen LogP contribution is -2.50. The highest BCUT2D eigenvalue weighted by molar-refractivity contribution is 5.56. The molecule has 0 radical (unpaired) electrons. The number of hydrogen-bond acceptors (Lipinski definition) is 4. The maximum Gasteiger partial charge on any atom is 0.140 e. The zero-order chi connectivity index (χ0) is 17.9. The molecule has 1 unspecified atom stereocenters. The van der Waals surface area contributed by atoms with Crippen molar-refractivity contribution >= 4 is 0 Å². The number of benzene rings is 1. The van der Waals surface area contributed by atoms with Crippen molar-refractivity contribution in [3.05, 3.63) is 42.2 Å². The highest BCUT2D eigenvalue weighted by Gasteiger charge is 2.31. The van der Waals surface area contributed by atoms with Crippen molar-refractivity contribution in [3.63, 3.8) is 0 Å². The van der Waals surface area contributed by atoms with Crippen LogP contribution in [-0.2, 0) is 7.05 Å². The first-order valence-corrected chi connectivity index (χ1v) is 9.72. The van der Waals surface area contributed by atoms with Crippen LogP contribution in [-0.4, -0.2) is 51.6 Å². The van der Waals surface area contributed by atoms with Crippen LogP contribution in [0, 0.1) is 11.3 Å². The second-order valence-electron chi connectivity index (χ2n) is 7.47. The van der Waals surface area contributed by atoms with E-state index >= 15 is 0 Å². The number of rotatable bonds is 4. The van der Waals surface area contributed by atoms with Crippen molar-refractivity contribution in [2.75, 3.05) is 26.2 Å². The summed E-state index contributed by atoms with van der Waals surface area (Å²) in [5, 5.41) is 9.87. The minimum absolute atomic E-state index is 0.226. The molecule has 0 spiro atoms. The van der Waals surface area contributed by atoms with Crippen molar-refractivity contribution < 1.29 is 0 Å². The molecule has 2 heterocycles. The number of piperazine rings is 1. The van der Waals surface area contributed by atoms with Crippen LogP contribution in [0.3, 0.4) is 0 Å². The molecule has 2 fully saturated rings. The van der Waals surface area contributed by atoms with Gasteiger partial charge in [0.2, 0.25) is 0 Å². The lowest BCUT2D eigenvalue weighted by atomic mass is 10.1. The summed E-state index contributed by atoms with van der Waals surface area (Å²) in [6.07, 6.45) is 7.33. The number of nitriles is 1. The summed E-state index contributed by atoms with van der Waals surface area (Å²) in [7, 11) is 2.02. The molecule has 1 aromatic carbocycles. The van der Waals surface area contributed by atoms with Gasteiger partial charge in [-0.1, -0.05) is 43.2 Å². The van der Waals surface area contributed by atoms with Gasteiger partial charge < -0.3 is 4.57 Å². The summed E-state index contributed by atoms with van der Waals surface area (Å²) in [4.78, 5) is 9.55. The van der Waals surface area contributed by atoms with Crippen molar-refractivity contribution in [3.8, 4) is 17.5 Å².